The number of nitrogens with one attached hydrogen (secondary N) is 1. The average molecular weight is 254 g/mol. The zero-order valence-corrected chi connectivity index (χ0v) is 12.1. The summed E-state index contributed by atoms with van der Waals surface area (Å²) in [6, 6.07) is 0. The molecule has 1 heterocycles. The summed E-state index contributed by atoms with van der Waals surface area (Å²) in [6.07, 6.45) is 0.871. The standard InChI is InChI=1S/C13H22N2OS/c1-6-9(2)11(16)14-7-10-8-17-12(15-10)13(3,4)5/h8-9H,6-7H2,1-5H3,(H,14,16). The van der Waals surface area contributed by atoms with Crippen LogP contribution in [0.15, 0.2) is 5.38 Å². The van der Waals surface area contributed by atoms with E-state index in [-0.39, 0.29) is 17.2 Å². The van der Waals surface area contributed by atoms with Crippen molar-refractivity contribution in [1.29, 1.82) is 0 Å². The van der Waals surface area contributed by atoms with Gasteiger partial charge in [-0.05, 0) is 6.42 Å². The van der Waals surface area contributed by atoms with Crippen LogP contribution in [-0.2, 0) is 16.8 Å². The molecule has 1 atom stereocenters. The molecule has 0 fully saturated rings. The van der Waals surface area contributed by atoms with Gasteiger partial charge in [0.1, 0.15) is 0 Å². The summed E-state index contributed by atoms with van der Waals surface area (Å²) in [7, 11) is 0. The number of carbonyl (C=O) groups excluding carboxylic acids is 1. The number of carbonyl (C=O) groups is 1. The molecular weight excluding hydrogens is 232 g/mol. The number of rotatable bonds is 4. The first kappa shape index (κ1) is 14.2. The largest absolute Gasteiger partial charge is 0.350 e. The highest BCUT2D eigenvalue weighted by molar-refractivity contribution is 7.09. The Labute approximate surface area is 108 Å². The van der Waals surface area contributed by atoms with Crippen LogP contribution >= 0.6 is 11.3 Å². The number of nitrogens with zero attached hydrogens (tertiary/aromatic N) is 1. The lowest BCUT2D eigenvalue weighted by atomic mass is 9.98. The van der Waals surface area contributed by atoms with Crippen LogP contribution in [0.3, 0.4) is 0 Å². The molecule has 3 nitrogen and oxygen atoms in total. The minimum atomic E-state index is 0.0794. The molecule has 0 spiro atoms. The van der Waals surface area contributed by atoms with Crippen LogP contribution in [0.25, 0.3) is 0 Å². The van der Waals surface area contributed by atoms with E-state index >= 15 is 0 Å². The third kappa shape index (κ3) is 4.11. The van der Waals surface area contributed by atoms with E-state index in [1.54, 1.807) is 11.3 Å². The summed E-state index contributed by atoms with van der Waals surface area (Å²) in [5.41, 5.74) is 1.04. The van der Waals surface area contributed by atoms with Crippen molar-refractivity contribution in [2.75, 3.05) is 0 Å². The summed E-state index contributed by atoms with van der Waals surface area (Å²) in [5, 5.41) is 6.06. The first-order valence-electron chi connectivity index (χ1n) is 6.07. The Kier molecular flexibility index (Phi) is 4.69. The summed E-state index contributed by atoms with van der Waals surface area (Å²) < 4.78 is 0. The van der Waals surface area contributed by atoms with E-state index in [0.29, 0.717) is 6.54 Å². The van der Waals surface area contributed by atoms with E-state index in [0.717, 1.165) is 17.1 Å². The molecule has 1 amide bonds. The molecule has 0 radical (unpaired) electrons. The molecule has 1 N–H and O–H groups in total. The molecule has 0 bridgehead atoms. The molecule has 4 heteroatoms. The van der Waals surface area contributed by atoms with Gasteiger partial charge in [-0.1, -0.05) is 34.6 Å². The van der Waals surface area contributed by atoms with Crippen molar-refractivity contribution in [2.24, 2.45) is 5.92 Å². The lowest BCUT2D eigenvalue weighted by Crippen LogP contribution is -2.28. The van der Waals surface area contributed by atoms with Crippen LogP contribution in [0.5, 0.6) is 0 Å². The van der Waals surface area contributed by atoms with Gasteiger partial charge >= 0.3 is 0 Å². The maximum absolute atomic E-state index is 11.6. The monoisotopic (exact) mass is 254 g/mol. The van der Waals surface area contributed by atoms with Gasteiger partial charge in [0.15, 0.2) is 0 Å². The van der Waals surface area contributed by atoms with Crippen molar-refractivity contribution in [3.63, 3.8) is 0 Å². The zero-order chi connectivity index (χ0) is 13.1. The van der Waals surface area contributed by atoms with E-state index < -0.39 is 0 Å². The van der Waals surface area contributed by atoms with Crippen molar-refractivity contribution in [2.45, 2.75) is 53.0 Å². The topological polar surface area (TPSA) is 42.0 Å². The molecule has 0 aliphatic heterocycles. The van der Waals surface area contributed by atoms with Gasteiger partial charge in [0.2, 0.25) is 5.91 Å². The highest BCUT2D eigenvalue weighted by atomic mass is 32.1. The van der Waals surface area contributed by atoms with E-state index in [4.69, 9.17) is 0 Å². The van der Waals surface area contributed by atoms with E-state index in [2.05, 4.69) is 31.1 Å². The normalized spacial score (nSPS) is 13.5. The van der Waals surface area contributed by atoms with Crippen LogP contribution in [0, 0.1) is 5.92 Å². The number of hydrogen-bond donors (Lipinski definition) is 1. The van der Waals surface area contributed by atoms with Gasteiger partial charge in [-0.15, -0.1) is 11.3 Å². The third-order valence-electron chi connectivity index (χ3n) is 2.70. The molecule has 0 aromatic carbocycles. The van der Waals surface area contributed by atoms with Gasteiger partial charge in [-0.2, -0.15) is 0 Å². The van der Waals surface area contributed by atoms with Crippen molar-refractivity contribution in [3.05, 3.63) is 16.1 Å². The van der Waals surface area contributed by atoms with E-state index in [9.17, 15) is 4.79 Å². The molecule has 0 saturated heterocycles. The smallest absolute Gasteiger partial charge is 0.223 e. The van der Waals surface area contributed by atoms with Crippen molar-refractivity contribution in [1.82, 2.24) is 10.3 Å². The molecule has 1 aromatic rings. The maximum Gasteiger partial charge on any atom is 0.223 e. The van der Waals surface area contributed by atoms with Crippen molar-refractivity contribution in [3.8, 4) is 0 Å². The van der Waals surface area contributed by atoms with Crippen molar-refractivity contribution < 1.29 is 4.79 Å². The summed E-state index contributed by atoms with van der Waals surface area (Å²) >= 11 is 1.66. The van der Waals surface area contributed by atoms with Crippen LogP contribution in [-0.4, -0.2) is 10.9 Å². The first-order valence-corrected chi connectivity index (χ1v) is 6.95. The van der Waals surface area contributed by atoms with Gasteiger partial charge in [0, 0.05) is 16.7 Å². The lowest BCUT2D eigenvalue weighted by Gasteiger charge is -2.13. The Bertz CT molecular complexity index is 379. The molecule has 0 aliphatic carbocycles. The van der Waals surface area contributed by atoms with E-state index in [1.165, 1.54) is 0 Å². The van der Waals surface area contributed by atoms with Gasteiger partial charge in [-0.25, -0.2) is 4.98 Å². The zero-order valence-electron chi connectivity index (χ0n) is 11.3. The number of amides is 1. The molecule has 17 heavy (non-hydrogen) atoms. The minimum absolute atomic E-state index is 0.0794. The minimum Gasteiger partial charge on any atom is -0.350 e. The summed E-state index contributed by atoms with van der Waals surface area (Å²) in [6.45, 7) is 10.9. The predicted molar refractivity (Wildman–Crippen MR) is 72.1 cm³/mol. The highest BCUT2D eigenvalue weighted by Gasteiger charge is 2.18. The highest BCUT2D eigenvalue weighted by Crippen LogP contribution is 2.25. The average Bonchev–Trinajstić information content (AvgIpc) is 2.72. The first-order chi connectivity index (χ1) is 7.84. The predicted octanol–water partition coefficient (Wildman–Crippen LogP) is 3.10. The number of aromatic nitrogens is 1. The summed E-state index contributed by atoms with van der Waals surface area (Å²) in [5.74, 6) is 0.188. The summed E-state index contributed by atoms with van der Waals surface area (Å²) in [4.78, 5) is 16.2. The molecule has 0 saturated carbocycles. The fourth-order valence-electron chi connectivity index (χ4n) is 1.27. The Morgan fingerprint density at radius 2 is 2.18 bits per heavy atom. The van der Waals surface area contributed by atoms with Crippen LogP contribution in [0.2, 0.25) is 0 Å². The Morgan fingerprint density at radius 3 is 2.65 bits per heavy atom. The SMILES string of the molecule is CCC(C)C(=O)NCc1csc(C(C)(C)C)n1. The second-order valence-electron chi connectivity index (χ2n) is 5.42. The third-order valence-corrected chi connectivity index (χ3v) is 4.01. The Morgan fingerprint density at radius 1 is 1.53 bits per heavy atom. The van der Waals surface area contributed by atoms with Gasteiger partial charge in [0.25, 0.3) is 0 Å². The van der Waals surface area contributed by atoms with E-state index in [1.807, 2.05) is 19.2 Å². The van der Waals surface area contributed by atoms with Gasteiger partial charge < -0.3 is 5.32 Å². The molecule has 96 valence electrons. The van der Waals surface area contributed by atoms with Crippen LogP contribution in [0.1, 0.15) is 51.7 Å². The molecular formula is C13H22N2OS. The fourth-order valence-corrected chi connectivity index (χ4v) is 2.18. The lowest BCUT2D eigenvalue weighted by molar-refractivity contribution is -0.124. The molecule has 1 unspecified atom stereocenters. The number of thiazole rings is 1. The van der Waals surface area contributed by atoms with Crippen LogP contribution in [0.4, 0.5) is 0 Å². The molecule has 0 aliphatic rings. The van der Waals surface area contributed by atoms with Crippen molar-refractivity contribution >= 4 is 17.2 Å². The Balaban J connectivity index is 2.54. The Hall–Kier alpha value is -0.900. The fraction of sp³-hybridized carbons (Fsp3) is 0.692. The quantitative estimate of drug-likeness (QED) is 0.897. The second kappa shape index (κ2) is 5.63. The number of hydrogen-bond acceptors (Lipinski definition) is 3. The van der Waals surface area contributed by atoms with Gasteiger partial charge in [0.05, 0.1) is 17.2 Å². The molecule has 1 rings (SSSR count). The van der Waals surface area contributed by atoms with Gasteiger partial charge in [-0.3, -0.25) is 4.79 Å². The van der Waals surface area contributed by atoms with Crippen LogP contribution < -0.4 is 5.32 Å². The molecule has 1 aromatic heterocycles. The second-order valence-corrected chi connectivity index (χ2v) is 6.28. The maximum atomic E-state index is 11.6.